The summed E-state index contributed by atoms with van der Waals surface area (Å²) in [5, 5.41) is 3.42. The van der Waals surface area contributed by atoms with Gasteiger partial charge in [-0.1, -0.05) is 81.4 Å². The van der Waals surface area contributed by atoms with Gasteiger partial charge in [-0.2, -0.15) is 0 Å². The summed E-state index contributed by atoms with van der Waals surface area (Å²) in [6.45, 7) is 6.85. The van der Waals surface area contributed by atoms with E-state index < -0.39 is 14.4 Å². The van der Waals surface area contributed by atoms with E-state index in [0.29, 0.717) is 13.0 Å². The number of ether oxygens (including phenoxy) is 1. The van der Waals surface area contributed by atoms with E-state index in [1.807, 2.05) is 36.4 Å². The van der Waals surface area contributed by atoms with E-state index in [0.717, 1.165) is 10.4 Å². The van der Waals surface area contributed by atoms with Crippen molar-refractivity contribution in [2.75, 3.05) is 13.2 Å². The first-order chi connectivity index (χ1) is 14.3. The van der Waals surface area contributed by atoms with E-state index in [1.54, 1.807) is 0 Å². The van der Waals surface area contributed by atoms with Gasteiger partial charge >= 0.3 is 5.97 Å². The van der Waals surface area contributed by atoms with Gasteiger partial charge in [0.25, 0.3) is 14.2 Å². The average Bonchev–Trinajstić information content (AvgIpc) is 3.02. The lowest BCUT2D eigenvalue weighted by Crippen LogP contribution is -2.67. The smallest absolute Gasteiger partial charge is 0.330 e. The van der Waals surface area contributed by atoms with Gasteiger partial charge in [-0.15, -0.1) is 0 Å². The summed E-state index contributed by atoms with van der Waals surface area (Å²) in [5.74, 6) is -0.589. The molecule has 2 aliphatic rings. The van der Waals surface area contributed by atoms with Crippen molar-refractivity contribution in [1.29, 1.82) is 0 Å². The molecule has 30 heavy (non-hydrogen) atoms. The molecule has 0 unspecified atom stereocenters. The number of hydrazine groups is 1. The van der Waals surface area contributed by atoms with Gasteiger partial charge in [-0.3, -0.25) is 9.80 Å². The second-order valence-corrected chi connectivity index (χ2v) is 13.2. The zero-order valence-electron chi connectivity index (χ0n) is 17.6. The molecule has 0 aromatic heterocycles. The van der Waals surface area contributed by atoms with Crippen LogP contribution in [0.1, 0.15) is 27.2 Å². The van der Waals surface area contributed by atoms with Crippen molar-refractivity contribution < 1.29 is 18.8 Å². The van der Waals surface area contributed by atoms with Crippen LogP contribution in [0.15, 0.2) is 60.7 Å². The maximum Gasteiger partial charge on any atom is 0.330 e. The third kappa shape index (κ3) is 3.57. The van der Waals surface area contributed by atoms with Gasteiger partial charge in [0.05, 0.1) is 6.54 Å². The molecule has 0 saturated carbocycles. The van der Waals surface area contributed by atoms with Gasteiger partial charge in [0.1, 0.15) is 18.8 Å². The molecule has 2 heterocycles. The van der Waals surface area contributed by atoms with E-state index in [4.69, 9.17) is 9.16 Å². The third-order valence-electron chi connectivity index (χ3n) is 5.94. The van der Waals surface area contributed by atoms with Crippen molar-refractivity contribution in [3.8, 4) is 0 Å². The second-order valence-electron chi connectivity index (χ2n) is 8.89. The van der Waals surface area contributed by atoms with Crippen molar-refractivity contribution in [3.63, 3.8) is 0 Å². The molecule has 2 atom stereocenters. The minimum Gasteiger partial charge on any atom is -0.459 e. The molecule has 2 aromatic rings. The Balaban J connectivity index is 1.67. The van der Waals surface area contributed by atoms with Crippen LogP contribution < -0.4 is 15.8 Å². The molecule has 2 aliphatic heterocycles. The zero-order chi connectivity index (χ0) is 21.4. The van der Waals surface area contributed by atoms with Crippen molar-refractivity contribution >= 4 is 30.6 Å². The van der Waals surface area contributed by atoms with Crippen LogP contribution in [0.4, 0.5) is 0 Å². The molecule has 2 aromatic carbocycles. The number of fused-ring (bicyclic) bond motifs is 2. The number of hydrogen-bond donors (Lipinski definition) is 1. The molecule has 1 amide bonds. The lowest BCUT2D eigenvalue weighted by atomic mass is 10.1. The Hall–Kier alpha value is -2.48. The van der Waals surface area contributed by atoms with Crippen LogP contribution in [0.2, 0.25) is 5.04 Å². The molecule has 0 spiro atoms. The number of nitrogens with zero attached hydrogens (tertiary/aromatic N) is 1. The van der Waals surface area contributed by atoms with Crippen molar-refractivity contribution in [2.45, 2.75) is 44.4 Å². The molecule has 2 bridgehead atoms. The fourth-order valence-corrected chi connectivity index (χ4v) is 9.04. The van der Waals surface area contributed by atoms with Crippen molar-refractivity contribution in [1.82, 2.24) is 10.4 Å². The van der Waals surface area contributed by atoms with E-state index in [-0.39, 0.29) is 29.6 Å². The normalized spacial score (nSPS) is 21.4. The van der Waals surface area contributed by atoms with Gasteiger partial charge in [0.15, 0.2) is 0 Å². The van der Waals surface area contributed by atoms with Gasteiger partial charge in [0.2, 0.25) is 0 Å². The Morgan fingerprint density at radius 2 is 1.67 bits per heavy atom. The van der Waals surface area contributed by atoms with E-state index in [2.05, 4.69) is 50.5 Å². The van der Waals surface area contributed by atoms with Gasteiger partial charge in [-0.05, 0) is 15.4 Å². The van der Waals surface area contributed by atoms with E-state index >= 15 is 0 Å². The Kier molecular flexibility index (Phi) is 5.53. The van der Waals surface area contributed by atoms with Crippen LogP contribution in [0.5, 0.6) is 0 Å². The maximum absolute atomic E-state index is 13.1. The van der Waals surface area contributed by atoms with Crippen molar-refractivity contribution in [2.24, 2.45) is 0 Å². The summed E-state index contributed by atoms with van der Waals surface area (Å²) >= 11 is 0. The van der Waals surface area contributed by atoms with E-state index in [1.165, 1.54) is 5.01 Å². The molecule has 158 valence electrons. The van der Waals surface area contributed by atoms with Crippen LogP contribution in [0.3, 0.4) is 0 Å². The topological polar surface area (TPSA) is 67.9 Å². The number of esters is 1. The standard InChI is InChI=1S/C23H28N2O4Si/c1-23(2,3)30(18-10-6-4-7-11-18,19-12-8-5-9-13-19)28-16-21(26)25-20-14-17(15-24-25)29-22(20)27/h4-13,17,20,24H,14-16H2,1-3H3/t17-,20-/m1/s1. The summed E-state index contributed by atoms with van der Waals surface area (Å²) in [6.07, 6.45) is 0.390. The number of nitrogens with one attached hydrogen (secondary N) is 1. The minimum absolute atomic E-state index is 0.102. The molecule has 2 saturated heterocycles. The highest BCUT2D eigenvalue weighted by Gasteiger charge is 2.51. The fraction of sp³-hybridized carbons (Fsp3) is 0.391. The number of carbonyl (C=O) groups excluding carboxylic acids is 2. The minimum atomic E-state index is -2.81. The van der Waals surface area contributed by atoms with Crippen LogP contribution in [-0.4, -0.2) is 50.5 Å². The molecule has 7 heteroatoms. The molecule has 2 fully saturated rings. The highest BCUT2D eigenvalue weighted by molar-refractivity contribution is 6.99. The van der Waals surface area contributed by atoms with Gasteiger partial charge < -0.3 is 9.16 Å². The SMILES string of the molecule is CC(C)(C)[Si](OCC(=O)N1NC[C@H]2C[C@@H]1C(=O)O2)(c1ccccc1)c1ccccc1. The summed E-state index contributed by atoms with van der Waals surface area (Å²) in [7, 11) is -2.81. The molecule has 0 radical (unpaired) electrons. The monoisotopic (exact) mass is 424 g/mol. The number of amides is 1. The van der Waals surface area contributed by atoms with Gasteiger partial charge in [-0.25, -0.2) is 10.2 Å². The average molecular weight is 425 g/mol. The number of rotatable bonds is 5. The van der Waals surface area contributed by atoms with Crippen LogP contribution in [0.25, 0.3) is 0 Å². The number of benzene rings is 2. The Bertz CT molecular complexity index is 874. The molecular weight excluding hydrogens is 396 g/mol. The first-order valence-electron chi connectivity index (χ1n) is 10.3. The first-order valence-corrected chi connectivity index (χ1v) is 12.2. The quantitative estimate of drug-likeness (QED) is 0.583. The van der Waals surface area contributed by atoms with E-state index in [9.17, 15) is 9.59 Å². The Labute approximate surface area is 178 Å². The lowest BCUT2D eigenvalue weighted by molar-refractivity contribution is -0.149. The fourth-order valence-electron chi connectivity index (χ4n) is 4.55. The molecule has 4 rings (SSSR count). The summed E-state index contributed by atoms with van der Waals surface area (Å²) < 4.78 is 12.0. The maximum atomic E-state index is 13.1. The molecular formula is C23H28N2O4Si. The number of hydrogen-bond acceptors (Lipinski definition) is 5. The highest BCUT2D eigenvalue weighted by atomic mass is 28.4. The Morgan fingerprint density at radius 3 is 2.20 bits per heavy atom. The second kappa shape index (κ2) is 7.98. The summed E-state index contributed by atoms with van der Waals surface area (Å²) in [6, 6.07) is 19.8. The van der Waals surface area contributed by atoms with Crippen LogP contribution in [-0.2, 0) is 18.8 Å². The zero-order valence-corrected chi connectivity index (χ0v) is 18.6. The lowest BCUT2D eigenvalue weighted by Gasteiger charge is -2.43. The first kappa shape index (κ1) is 20.8. The highest BCUT2D eigenvalue weighted by Crippen LogP contribution is 2.36. The summed E-state index contributed by atoms with van der Waals surface area (Å²) in [5.41, 5.74) is 3.04. The van der Waals surface area contributed by atoms with Gasteiger partial charge in [0, 0.05) is 6.42 Å². The molecule has 6 nitrogen and oxygen atoms in total. The third-order valence-corrected chi connectivity index (χ3v) is 10.9. The van der Waals surface area contributed by atoms with Crippen LogP contribution >= 0.6 is 0 Å². The number of carbonyl (C=O) groups is 2. The molecule has 1 N–H and O–H groups in total. The predicted octanol–water partition coefficient (Wildman–Crippen LogP) is 1.59. The molecule has 0 aliphatic carbocycles. The summed E-state index contributed by atoms with van der Waals surface area (Å²) in [4.78, 5) is 25.2. The predicted molar refractivity (Wildman–Crippen MR) is 117 cm³/mol. The van der Waals surface area contributed by atoms with Crippen LogP contribution in [0, 0.1) is 0 Å². The Morgan fingerprint density at radius 1 is 1.10 bits per heavy atom. The largest absolute Gasteiger partial charge is 0.459 e. The van der Waals surface area contributed by atoms with Crippen molar-refractivity contribution in [3.05, 3.63) is 60.7 Å².